The van der Waals surface area contributed by atoms with Crippen LogP contribution >= 0.6 is 0 Å². The molecule has 0 spiro atoms. The van der Waals surface area contributed by atoms with E-state index < -0.39 is 0 Å². The van der Waals surface area contributed by atoms with E-state index in [2.05, 4.69) is 0 Å². The number of carbonyl (C=O) groups is 2. The first kappa shape index (κ1) is 17.0. The summed E-state index contributed by atoms with van der Waals surface area (Å²) in [6.07, 6.45) is 6.59. The van der Waals surface area contributed by atoms with Gasteiger partial charge >= 0.3 is 0 Å². The highest BCUT2D eigenvalue weighted by molar-refractivity contribution is 5.95. The number of amides is 2. The Balaban J connectivity index is 1.61. The molecule has 1 aliphatic carbocycles. The average Bonchev–Trinajstić information content (AvgIpc) is 2.88. The molecule has 0 atom stereocenters. The molecule has 130 valence electrons. The molecule has 2 amide bonds. The second-order valence-corrected chi connectivity index (χ2v) is 7.12. The maximum atomic E-state index is 12.8. The van der Waals surface area contributed by atoms with Crippen molar-refractivity contribution in [1.82, 2.24) is 9.80 Å². The molecule has 0 bridgehead atoms. The van der Waals surface area contributed by atoms with E-state index in [9.17, 15) is 9.59 Å². The van der Waals surface area contributed by atoms with Crippen LogP contribution in [0.15, 0.2) is 24.3 Å². The van der Waals surface area contributed by atoms with Crippen LogP contribution in [0.3, 0.4) is 0 Å². The van der Waals surface area contributed by atoms with Gasteiger partial charge < -0.3 is 9.80 Å². The summed E-state index contributed by atoms with van der Waals surface area (Å²) < 4.78 is 0. The topological polar surface area (TPSA) is 40.6 Å². The average molecular weight is 328 g/mol. The van der Waals surface area contributed by atoms with Crippen LogP contribution in [0.4, 0.5) is 0 Å². The van der Waals surface area contributed by atoms with Crippen LogP contribution < -0.4 is 0 Å². The van der Waals surface area contributed by atoms with Crippen LogP contribution in [0, 0.1) is 12.8 Å². The Morgan fingerprint density at radius 1 is 0.875 bits per heavy atom. The van der Waals surface area contributed by atoms with Gasteiger partial charge in [-0.3, -0.25) is 9.59 Å². The van der Waals surface area contributed by atoms with Gasteiger partial charge in [-0.25, -0.2) is 0 Å². The molecule has 1 saturated heterocycles. The Kier molecular flexibility index (Phi) is 5.54. The van der Waals surface area contributed by atoms with Crippen LogP contribution in [-0.4, -0.2) is 47.8 Å². The zero-order chi connectivity index (χ0) is 16.9. The molecule has 1 saturated carbocycles. The summed E-state index contributed by atoms with van der Waals surface area (Å²) in [5, 5.41) is 0. The fourth-order valence-electron chi connectivity index (χ4n) is 3.93. The first-order valence-electron chi connectivity index (χ1n) is 9.30. The molecule has 1 aromatic carbocycles. The minimum absolute atomic E-state index is 0.0973. The number of hydrogen-bond acceptors (Lipinski definition) is 2. The van der Waals surface area contributed by atoms with Gasteiger partial charge in [0.25, 0.3) is 5.91 Å². The lowest BCUT2D eigenvalue weighted by molar-refractivity contribution is -0.136. The lowest BCUT2D eigenvalue weighted by Crippen LogP contribution is -2.40. The van der Waals surface area contributed by atoms with E-state index >= 15 is 0 Å². The van der Waals surface area contributed by atoms with Crippen molar-refractivity contribution in [1.29, 1.82) is 0 Å². The summed E-state index contributed by atoms with van der Waals surface area (Å²) in [6.45, 7) is 4.82. The highest BCUT2D eigenvalue weighted by atomic mass is 16.2. The Labute approximate surface area is 144 Å². The third kappa shape index (κ3) is 3.80. The van der Waals surface area contributed by atoms with E-state index in [0.29, 0.717) is 19.0 Å². The summed E-state index contributed by atoms with van der Waals surface area (Å²) >= 11 is 0. The van der Waals surface area contributed by atoms with Crippen molar-refractivity contribution in [3.8, 4) is 0 Å². The summed E-state index contributed by atoms with van der Waals surface area (Å²) in [5.74, 6) is 0.636. The van der Waals surface area contributed by atoms with Gasteiger partial charge in [0, 0.05) is 37.7 Å². The second-order valence-electron chi connectivity index (χ2n) is 7.12. The van der Waals surface area contributed by atoms with Crippen molar-refractivity contribution in [3.63, 3.8) is 0 Å². The third-order valence-corrected chi connectivity index (χ3v) is 5.42. The Hall–Kier alpha value is -1.84. The molecule has 3 rings (SSSR count). The number of benzene rings is 1. The maximum Gasteiger partial charge on any atom is 0.254 e. The minimum atomic E-state index is 0.0973. The number of hydrogen-bond donors (Lipinski definition) is 0. The predicted molar refractivity (Wildman–Crippen MR) is 94.9 cm³/mol. The summed E-state index contributed by atoms with van der Waals surface area (Å²) in [6, 6.07) is 7.74. The first-order valence-corrected chi connectivity index (χ1v) is 9.30. The largest absolute Gasteiger partial charge is 0.341 e. The minimum Gasteiger partial charge on any atom is -0.341 e. The van der Waals surface area contributed by atoms with E-state index in [4.69, 9.17) is 0 Å². The lowest BCUT2D eigenvalue weighted by Gasteiger charge is -2.28. The Morgan fingerprint density at radius 3 is 2.29 bits per heavy atom. The second kappa shape index (κ2) is 7.82. The monoisotopic (exact) mass is 328 g/mol. The van der Waals surface area contributed by atoms with Crippen molar-refractivity contribution in [2.75, 3.05) is 26.2 Å². The highest BCUT2D eigenvalue weighted by Gasteiger charge is 2.28. The molecule has 4 nitrogen and oxygen atoms in total. The van der Waals surface area contributed by atoms with Gasteiger partial charge in [0.1, 0.15) is 0 Å². The van der Waals surface area contributed by atoms with Gasteiger partial charge in [0.05, 0.1) is 0 Å². The fourth-order valence-corrected chi connectivity index (χ4v) is 3.93. The van der Waals surface area contributed by atoms with E-state index in [-0.39, 0.29) is 11.8 Å². The molecule has 1 aromatic rings. The molecule has 2 fully saturated rings. The molecule has 4 heteroatoms. The summed E-state index contributed by atoms with van der Waals surface area (Å²) in [7, 11) is 0. The summed E-state index contributed by atoms with van der Waals surface area (Å²) in [5.41, 5.74) is 1.80. The van der Waals surface area contributed by atoms with E-state index in [0.717, 1.165) is 43.5 Å². The van der Waals surface area contributed by atoms with Crippen LogP contribution in [0.2, 0.25) is 0 Å². The van der Waals surface area contributed by atoms with E-state index in [1.165, 1.54) is 19.3 Å². The van der Waals surface area contributed by atoms with E-state index in [1.807, 2.05) is 41.0 Å². The first-order chi connectivity index (χ1) is 11.7. The van der Waals surface area contributed by atoms with Crippen LogP contribution in [0.1, 0.15) is 54.4 Å². The van der Waals surface area contributed by atoms with Crippen LogP contribution in [0.25, 0.3) is 0 Å². The molecular formula is C20H28N2O2. The molecule has 1 heterocycles. The van der Waals surface area contributed by atoms with Gasteiger partial charge in [-0.2, -0.15) is 0 Å². The van der Waals surface area contributed by atoms with Crippen LogP contribution in [-0.2, 0) is 4.79 Å². The molecule has 0 aromatic heterocycles. The van der Waals surface area contributed by atoms with Crippen molar-refractivity contribution >= 4 is 11.8 Å². The lowest BCUT2D eigenvalue weighted by atomic mass is 9.88. The Morgan fingerprint density at radius 2 is 1.54 bits per heavy atom. The number of aryl methyl sites for hydroxylation is 1. The smallest absolute Gasteiger partial charge is 0.254 e. The molecule has 1 aliphatic heterocycles. The fraction of sp³-hybridized carbons (Fsp3) is 0.600. The van der Waals surface area contributed by atoms with Crippen LogP contribution in [0.5, 0.6) is 0 Å². The van der Waals surface area contributed by atoms with Gasteiger partial charge in [-0.15, -0.1) is 0 Å². The Bertz CT molecular complexity index is 593. The number of nitrogens with zero attached hydrogens (tertiary/aromatic N) is 2. The summed E-state index contributed by atoms with van der Waals surface area (Å²) in [4.78, 5) is 29.4. The standard InChI is InChI=1S/C20H28N2O2/c1-16-8-5-6-11-18(16)20(24)22-13-7-12-21(14-15-22)19(23)17-9-3-2-4-10-17/h5-6,8,11,17H,2-4,7,9-10,12-15H2,1H3. The van der Waals surface area contributed by atoms with Crippen molar-refractivity contribution in [3.05, 3.63) is 35.4 Å². The third-order valence-electron chi connectivity index (χ3n) is 5.42. The van der Waals surface area contributed by atoms with Gasteiger partial charge in [0.15, 0.2) is 0 Å². The molecule has 0 unspecified atom stereocenters. The van der Waals surface area contributed by atoms with Gasteiger partial charge in [-0.05, 0) is 37.8 Å². The maximum absolute atomic E-state index is 12.8. The predicted octanol–water partition coefficient (Wildman–Crippen LogP) is 3.25. The highest BCUT2D eigenvalue weighted by Crippen LogP contribution is 2.26. The SMILES string of the molecule is Cc1ccccc1C(=O)N1CCCN(C(=O)C2CCCCC2)CC1. The number of carbonyl (C=O) groups excluding carboxylic acids is 2. The zero-order valence-electron chi connectivity index (χ0n) is 14.7. The van der Waals surface area contributed by atoms with Gasteiger partial charge in [0.2, 0.25) is 5.91 Å². The quantitative estimate of drug-likeness (QED) is 0.836. The molecular weight excluding hydrogens is 300 g/mol. The molecule has 24 heavy (non-hydrogen) atoms. The van der Waals surface area contributed by atoms with Gasteiger partial charge in [-0.1, -0.05) is 37.5 Å². The molecule has 2 aliphatic rings. The van der Waals surface area contributed by atoms with Crippen molar-refractivity contribution in [2.24, 2.45) is 5.92 Å². The zero-order valence-corrected chi connectivity index (χ0v) is 14.7. The molecule has 0 radical (unpaired) electrons. The number of rotatable bonds is 2. The van der Waals surface area contributed by atoms with E-state index in [1.54, 1.807) is 0 Å². The normalized spacial score (nSPS) is 19.9. The van der Waals surface area contributed by atoms with Crippen molar-refractivity contribution in [2.45, 2.75) is 45.4 Å². The molecule has 0 N–H and O–H groups in total. The van der Waals surface area contributed by atoms with Crippen molar-refractivity contribution < 1.29 is 9.59 Å².